The highest BCUT2D eigenvalue weighted by molar-refractivity contribution is 7.26. The van der Waals surface area contributed by atoms with Crippen LogP contribution >= 0.6 is 22.7 Å². The van der Waals surface area contributed by atoms with E-state index in [4.69, 9.17) is 9.97 Å². The summed E-state index contributed by atoms with van der Waals surface area (Å²) in [6.45, 7) is 0. The van der Waals surface area contributed by atoms with E-state index in [0.29, 0.717) is 5.82 Å². The van der Waals surface area contributed by atoms with Crippen molar-refractivity contribution in [1.82, 2.24) is 19.9 Å². The first-order chi connectivity index (χ1) is 27.7. The Morgan fingerprint density at radius 3 is 1.36 bits per heavy atom. The van der Waals surface area contributed by atoms with E-state index in [2.05, 4.69) is 156 Å². The Morgan fingerprint density at radius 1 is 0.304 bits per heavy atom. The van der Waals surface area contributed by atoms with Crippen molar-refractivity contribution in [2.24, 2.45) is 0 Å². The molecule has 0 bridgehead atoms. The van der Waals surface area contributed by atoms with Crippen LogP contribution in [0.3, 0.4) is 0 Å². The Kier molecular flexibility index (Phi) is 7.83. The normalized spacial score (nSPS) is 11.6. The molecule has 0 spiro atoms. The van der Waals surface area contributed by atoms with Crippen LogP contribution in [-0.4, -0.2) is 19.9 Å². The zero-order valence-electron chi connectivity index (χ0n) is 29.9. The molecule has 0 atom stereocenters. The van der Waals surface area contributed by atoms with Gasteiger partial charge in [-0.2, -0.15) is 0 Å². The van der Waals surface area contributed by atoms with Crippen molar-refractivity contribution in [2.75, 3.05) is 0 Å². The van der Waals surface area contributed by atoms with Crippen molar-refractivity contribution >= 4 is 63.0 Å². The molecule has 0 unspecified atom stereocenters. The first-order valence-corrected chi connectivity index (χ1v) is 20.1. The predicted molar refractivity (Wildman–Crippen MR) is 236 cm³/mol. The smallest absolute Gasteiger partial charge is 0.160 e. The van der Waals surface area contributed by atoms with Crippen molar-refractivity contribution in [2.45, 2.75) is 0 Å². The van der Waals surface area contributed by atoms with Gasteiger partial charge >= 0.3 is 0 Å². The lowest BCUT2D eigenvalue weighted by Crippen LogP contribution is -1.97. The Balaban J connectivity index is 1.11. The van der Waals surface area contributed by atoms with E-state index in [1.54, 1.807) is 12.4 Å². The van der Waals surface area contributed by atoms with Gasteiger partial charge < -0.3 is 0 Å². The second-order valence-electron chi connectivity index (χ2n) is 13.9. The first kappa shape index (κ1) is 32.6. The molecule has 0 N–H and O–H groups in total. The van der Waals surface area contributed by atoms with Crippen LogP contribution in [0, 0.1) is 0 Å². The summed E-state index contributed by atoms with van der Waals surface area (Å²) in [6, 6.07) is 56.5. The zero-order valence-corrected chi connectivity index (χ0v) is 31.6. The molecule has 0 saturated carbocycles. The molecule has 6 heteroatoms. The van der Waals surface area contributed by atoms with Crippen LogP contribution in [0.15, 0.2) is 183 Å². The van der Waals surface area contributed by atoms with Gasteiger partial charge in [-0.3, -0.25) is 9.97 Å². The highest BCUT2D eigenvalue weighted by Crippen LogP contribution is 2.41. The number of aromatic nitrogens is 4. The van der Waals surface area contributed by atoms with Gasteiger partial charge in [0.15, 0.2) is 5.82 Å². The SMILES string of the molecule is c1cncc(-c2ccc(-c3cc(-c4cccnc4)nc(-c4cc(-c5ccc6sc7ccccc7c6c5)cc(-c5ccc6sc7ccccc7c6c5)c4)n3)cc2)c1. The molecule has 56 heavy (non-hydrogen) atoms. The minimum Gasteiger partial charge on any atom is -0.264 e. The van der Waals surface area contributed by atoms with E-state index in [1.807, 2.05) is 47.2 Å². The van der Waals surface area contributed by atoms with Gasteiger partial charge in [-0.25, -0.2) is 9.97 Å². The fourth-order valence-electron chi connectivity index (χ4n) is 7.65. The van der Waals surface area contributed by atoms with Crippen LogP contribution in [0.25, 0.3) is 108 Å². The Labute approximate surface area is 331 Å². The van der Waals surface area contributed by atoms with E-state index in [1.165, 1.54) is 40.3 Å². The van der Waals surface area contributed by atoms with Gasteiger partial charge in [0.2, 0.25) is 0 Å². The quantitative estimate of drug-likeness (QED) is 0.170. The molecule has 0 radical (unpaired) electrons. The van der Waals surface area contributed by atoms with Gasteiger partial charge in [0, 0.05) is 81.8 Å². The number of hydrogen-bond acceptors (Lipinski definition) is 6. The van der Waals surface area contributed by atoms with Crippen LogP contribution in [0.4, 0.5) is 0 Å². The van der Waals surface area contributed by atoms with E-state index in [0.717, 1.165) is 61.5 Å². The topological polar surface area (TPSA) is 51.6 Å². The van der Waals surface area contributed by atoms with E-state index < -0.39 is 0 Å². The summed E-state index contributed by atoms with van der Waals surface area (Å²) in [5.41, 5.74) is 11.3. The highest BCUT2D eigenvalue weighted by Gasteiger charge is 2.16. The van der Waals surface area contributed by atoms with Gasteiger partial charge in [0.1, 0.15) is 0 Å². The van der Waals surface area contributed by atoms with Crippen molar-refractivity contribution < 1.29 is 0 Å². The van der Waals surface area contributed by atoms with Crippen molar-refractivity contribution in [3.05, 3.63) is 183 Å². The lowest BCUT2D eigenvalue weighted by Gasteiger charge is -2.13. The summed E-state index contributed by atoms with van der Waals surface area (Å²) >= 11 is 3.68. The average molecular weight is 751 g/mol. The molecule has 0 amide bonds. The maximum atomic E-state index is 5.30. The zero-order chi connectivity index (χ0) is 37.0. The monoisotopic (exact) mass is 750 g/mol. The number of thiophene rings is 2. The largest absolute Gasteiger partial charge is 0.264 e. The molecule has 262 valence electrons. The van der Waals surface area contributed by atoms with Gasteiger partial charge in [0.25, 0.3) is 0 Å². The van der Waals surface area contributed by atoms with Crippen molar-refractivity contribution in [3.8, 4) is 67.3 Å². The Morgan fingerprint density at radius 2 is 0.786 bits per heavy atom. The molecule has 0 aliphatic heterocycles. The molecule has 6 aromatic carbocycles. The molecular formula is C50H30N4S2. The van der Waals surface area contributed by atoms with Crippen LogP contribution in [0.1, 0.15) is 0 Å². The van der Waals surface area contributed by atoms with Crippen LogP contribution in [0.5, 0.6) is 0 Å². The third-order valence-electron chi connectivity index (χ3n) is 10.5. The number of nitrogens with zero attached hydrogens (tertiary/aromatic N) is 4. The predicted octanol–water partition coefficient (Wildman–Crippen LogP) is 14.0. The van der Waals surface area contributed by atoms with Crippen LogP contribution in [0.2, 0.25) is 0 Å². The molecule has 0 saturated heterocycles. The Hall–Kier alpha value is -6.86. The molecule has 5 heterocycles. The first-order valence-electron chi connectivity index (χ1n) is 18.5. The molecule has 11 rings (SSSR count). The molecule has 0 fully saturated rings. The fourth-order valence-corrected chi connectivity index (χ4v) is 9.83. The fraction of sp³-hybridized carbons (Fsp3) is 0. The van der Waals surface area contributed by atoms with Gasteiger partial charge in [-0.1, -0.05) is 78.9 Å². The third kappa shape index (κ3) is 5.84. The molecule has 0 aliphatic rings. The number of hydrogen-bond donors (Lipinski definition) is 0. The van der Waals surface area contributed by atoms with Crippen molar-refractivity contribution in [1.29, 1.82) is 0 Å². The van der Waals surface area contributed by atoms with Gasteiger partial charge in [-0.05, 0) is 112 Å². The Bertz CT molecular complexity index is 3110. The maximum Gasteiger partial charge on any atom is 0.160 e. The third-order valence-corrected chi connectivity index (χ3v) is 12.8. The molecular weight excluding hydrogens is 721 g/mol. The number of benzene rings is 6. The molecule has 0 aliphatic carbocycles. The molecule has 11 aromatic rings. The average Bonchev–Trinajstić information content (AvgIpc) is 3.84. The second-order valence-corrected chi connectivity index (χ2v) is 16.1. The van der Waals surface area contributed by atoms with Crippen LogP contribution < -0.4 is 0 Å². The summed E-state index contributed by atoms with van der Waals surface area (Å²) < 4.78 is 5.17. The van der Waals surface area contributed by atoms with E-state index >= 15 is 0 Å². The summed E-state index contributed by atoms with van der Waals surface area (Å²) in [5.74, 6) is 0.657. The minimum absolute atomic E-state index is 0.657. The van der Waals surface area contributed by atoms with E-state index in [9.17, 15) is 0 Å². The lowest BCUT2D eigenvalue weighted by molar-refractivity contribution is 1.18. The number of fused-ring (bicyclic) bond motifs is 6. The number of pyridine rings is 2. The van der Waals surface area contributed by atoms with Gasteiger partial charge in [-0.15, -0.1) is 22.7 Å². The standard InChI is InChI=1S/C50H30N4S2/c1-3-11-46-40(9-1)42-26-33(17-19-48(42)55-46)37-23-38(34-18-20-49-43(27-34)41-10-2-4-12-47(41)56-49)25-39(24-37)50-53-44(28-45(54-50)36-8-6-22-52-30-36)32-15-13-31(14-16-32)35-7-5-21-51-29-35/h1-30H. The van der Waals surface area contributed by atoms with E-state index in [-0.39, 0.29) is 0 Å². The number of rotatable bonds is 6. The lowest BCUT2D eigenvalue weighted by atomic mass is 9.94. The minimum atomic E-state index is 0.657. The molecule has 5 aromatic heterocycles. The van der Waals surface area contributed by atoms with Crippen LogP contribution in [-0.2, 0) is 0 Å². The summed E-state index contributed by atoms with van der Waals surface area (Å²) in [7, 11) is 0. The maximum absolute atomic E-state index is 5.30. The molecule has 4 nitrogen and oxygen atoms in total. The summed E-state index contributed by atoms with van der Waals surface area (Å²) in [6.07, 6.45) is 7.34. The highest BCUT2D eigenvalue weighted by atomic mass is 32.1. The summed E-state index contributed by atoms with van der Waals surface area (Å²) in [4.78, 5) is 19.3. The van der Waals surface area contributed by atoms with Gasteiger partial charge in [0.05, 0.1) is 11.4 Å². The summed E-state index contributed by atoms with van der Waals surface area (Å²) in [5, 5.41) is 5.11. The second kappa shape index (κ2) is 13.5. The van der Waals surface area contributed by atoms with Crippen molar-refractivity contribution in [3.63, 3.8) is 0 Å².